The molecule has 1 aromatic heterocycles. The maximum Gasteiger partial charge on any atom is 0.356 e. The number of hydrogen-bond acceptors (Lipinski definition) is 3. The van der Waals surface area contributed by atoms with Gasteiger partial charge >= 0.3 is 5.97 Å². The van der Waals surface area contributed by atoms with Crippen LogP contribution in [-0.4, -0.2) is 18.1 Å². The third-order valence-corrected chi connectivity index (χ3v) is 3.46. The molecular formula is C16H14FNO2. The van der Waals surface area contributed by atoms with Crippen LogP contribution in [0.4, 0.5) is 4.39 Å². The smallest absolute Gasteiger partial charge is 0.356 e. The molecule has 0 amide bonds. The van der Waals surface area contributed by atoms with Crippen molar-refractivity contribution in [3.05, 3.63) is 53.5 Å². The average Bonchev–Trinajstić information content (AvgIpc) is 3.31. The third-order valence-electron chi connectivity index (χ3n) is 3.46. The first-order valence-electron chi connectivity index (χ1n) is 6.54. The van der Waals surface area contributed by atoms with E-state index in [0.717, 1.165) is 29.7 Å². The quantitative estimate of drug-likeness (QED) is 0.801. The first kappa shape index (κ1) is 12.8. The van der Waals surface area contributed by atoms with Crippen molar-refractivity contribution >= 4 is 5.97 Å². The van der Waals surface area contributed by atoms with Crippen LogP contribution in [0, 0.1) is 5.82 Å². The van der Waals surface area contributed by atoms with E-state index in [4.69, 9.17) is 4.74 Å². The van der Waals surface area contributed by atoms with E-state index in [1.165, 1.54) is 19.2 Å². The minimum atomic E-state index is -0.462. The number of esters is 1. The minimum Gasteiger partial charge on any atom is -0.464 e. The molecule has 3 nitrogen and oxygen atoms in total. The summed E-state index contributed by atoms with van der Waals surface area (Å²) >= 11 is 0. The van der Waals surface area contributed by atoms with E-state index in [2.05, 4.69) is 4.98 Å². The summed E-state index contributed by atoms with van der Waals surface area (Å²) in [6, 6.07) is 9.79. The fourth-order valence-corrected chi connectivity index (χ4v) is 2.25. The number of halogens is 1. The molecule has 102 valence electrons. The monoisotopic (exact) mass is 271 g/mol. The predicted octanol–water partition coefficient (Wildman–Crippen LogP) is 3.55. The molecule has 20 heavy (non-hydrogen) atoms. The highest BCUT2D eigenvalue weighted by Gasteiger charge is 2.28. The summed E-state index contributed by atoms with van der Waals surface area (Å²) in [7, 11) is 1.33. The Bertz CT molecular complexity index is 648. The molecule has 1 aliphatic rings. The van der Waals surface area contributed by atoms with Gasteiger partial charge in [0.25, 0.3) is 0 Å². The summed E-state index contributed by atoms with van der Waals surface area (Å²) in [5.74, 6) is -0.254. The van der Waals surface area contributed by atoms with E-state index in [1.54, 1.807) is 18.2 Å². The van der Waals surface area contributed by atoms with Crippen molar-refractivity contribution in [3.63, 3.8) is 0 Å². The van der Waals surface area contributed by atoms with Crippen molar-refractivity contribution < 1.29 is 13.9 Å². The fourth-order valence-electron chi connectivity index (χ4n) is 2.25. The average molecular weight is 271 g/mol. The van der Waals surface area contributed by atoms with Gasteiger partial charge in [-0.05, 0) is 54.7 Å². The summed E-state index contributed by atoms with van der Waals surface area (Å²) in [6.07, 6.45) is 2.26. The zero-order valence-electron chi connectivity index (χ0n) is 11.1. The first-order valence-corrected chi connectivity index (χ1v) is 6.54. The zero-order valence-corrected chi connectivity index (χ0v) is 11.1. The number of carbonyl (C=O) groups is 1. The Hall–Kier alpha value is -2.23. The van der Waals surface area contributed by atoms with E-state index in [0.29, 0.717) is 5.92 Å². The van der Waals surface area contributed by atoms with E-state index in [1.807, 2.05) is 6.07 Å². The lowest BCUT2D eigenvalue weighted by atomic mass is 10.0. The largest absolute Gasteiger partial charge is 0.464 e. The third kappa shape index (κ3) is 2.41. The van der Waals surface area contributed by atoms with Crippen molar-refractivity contribution in [1.29, 1.82) is 0 Å². The second kappa shape index (κ2) is 5.04. The molecule has 4 heteroatoms. The predicted molar refractivity (Wildman–Crippen MR) is 72.9 cm³/mol. The molecule has 0 unspecified atom stereocenters. The number of aromatic nitrogens is 1. The van der Waals surface area contributed by atoms with Crippen LogP contribution >= 0.6 is 0 Å². The second-order valence-corrected chi connectivity index (χ2v) is 4.91. The summed E-state index contributed by atoms with van der Waals surface area (Å²) in [4.78, 5) is 16.0. The lowest BCUT2D eigenvalue weighted by molar-refractivity contribution is 0.0594. The van der Waals surface area contributed by atoms with Crippen LogP contribution in [0.1, 0.15) is 34.8 Å². The summed E-state index contributed by atoms with van der Waals surface area (Å²) in [5, 5.41) is 0. The Kier molecular flexibility index (Phi) is 3.22. The molecule has 0 aliphatic heterocycles. The molecule has 0 atom stereocenters. The van der Waals surface area contributed by atoms with Gasteiger partial charge in [0, 0.05) is 5.56 Å². The van der Waals surface area contributed by atoms with Gasteiger partial charge in [-0.2, -0.15) is 0 Å². The fraction of sp³-hybridized carbons (Fsp3) is 0.250. The maximum absolute atomic E-state index is 13.0. The molecule has 0 saturated heterocycles. The van der Waals surface area contributed by atoms with Crippen LogP contribution < -0.4 is 0 Å². The van der Waals surface area contributed by atoms with Gasteiger partial charge in [-0.15, -0.1) is 0 Å². The second-order valence-electron chi connectivity index (χ2n) is 4.91. The van der Waals surface area contributed by atoms with Gasteiger partial charge in [0.05, 0.1) is 12.8 Å². The number of hydrogen-bond donors (Lipinski definition) is 0. The molecule has 1 aliphatic carbocycles. The Morgan fingerprint density at radius 2 is 1.90 bits per heavy atom. The molecule has 1 heterocycles. The summed E-state index contributed by atoms with van der Waals surface area (Å²) < 4.78 is 17.7. The van der Waals surface area contributed by atoms with Crippen LogP contribution in [0.3, 0.4) is 0 Å². The summed E-state index contributed by atoms with van der Waals surface area (Å²) in [5.41, 5.74) is 2.95. The number of benzene rings is 1. The van der Waals surface area contributed by atoms with Crippen LogP contribution in [0.25, 0.3) is 11.3 Å². The summed E-state index contributed by atoms with van der Waals surface area (Å²) in [6.45, 7) is 0. The Balaban J connectivity index is 2.09. The van der Waals surface area contributed by atoms with E-state index < -0.39 is 5.97 Å². The SMILES string of the molecule is COC(=O)c1ccc(C2CC2)c(-c2ccc(F)cc2)n1. The highest BCUT2D eigenvalue weighted by atomic mass is 19.1. The molecular weight excluding hydrogens is 257 g/mol. The number of carbonyl (C=O) groups excluding carboxylic acids is 1. The highest BCUT2D eigenvalue weighted by molar-refractivity contribution is 5.88. The molecule has 2 aromatic rings. The van der Waals surface area contributed by atoms with E-state index in [9.17, 15) is 9.18 Å². The number of methoxy groups -OCH3 is 1. The lowest BCUT2D eigenvalue weighted by Crippen LogP contribution is -2.06. The van der Waals surface area contributed by atoms with E-state index >= 15 is 0 Å². The van der Waals surface area contributed by atoms with Gasteiger partial charge in [0.15, 0.2) is 0 Å². The van der Waals surface area contributed by atoms with Crippen molar-refractivity contribution in [3.8, 4) is 11.3 Å². The molecule has 0 spiro atoms. The molecule has 0 bridgehead atoms. The number of nitrogens with zero attached hydrogens (tertiary/aromatic N) is 1. The molecule has 1 aromatic carbocycles. The minimum absolute atomic E-state index is 0.274. The Morgan fingerprint density at radius 1 is 1.20 bits per heavy atom. The topological polar surface area (TPSA) is 39.2 Å². The van der Waals surface area contributed by atoms with Gasteiger partial charge in [-0.3, -0.25) is 0 Å². The number of pyridine rings is 1. The number of ether oxygens (including phenoxy) is 1. The van der Waals surface area contributed by atoms with Gasteiger partial charge in [0.1, 0.15) is 11.5 Å². The molecule has 0 radical (unpaired) electrons. The molecule has 3 rings (SSSR count). The van der Waals surface area contributed by atoms with Crippen LogP contribution in [-0.2, 0) is 4.74 Å². The van der Waals surface area contributed by atoms with E-state index in [-0.39, 0.29) is 11.5 Å². The van der Waals surface area contributed by atoms with Gasteiger partial charge in [-0.1, -0.05) is 6.07 Å². The van der Waals surface area contributed by atoms with Crippen molar-refractivity contribution in [2.45, 2.75) is 18.8 Å². The van der Waals surface area contributed by atoms with Crippen molar-refractivity contribution in [2.75, 3.05) is 7.11 Å². The molecule has 1 fully saturated rings. The van der Waals surface area contributed by atoms with Gasteiger partial charge < -0.3 is 4.74 Å². The molecule has 0 N–H and O–H groups in total. The Labute approximate surface area is 116 Å². The normalized spacial score (nSPS) is 14.1. The van der Waals surface area contributed by atoms with Gasteiger partial charge in [0.2, 0.25) is 0 Å². The van der Waals surface area contributed by atoms with Crippen LogP contribution in [0.2, 0.25) is 0 Å². The highest BCUT2D eigenvalue weighted by Crippen LogP contribution is 2.43. The molecule has 1 saturated carbocycles. The van der Waals surface area contributed by atoms with Crippen LogP contribution in [0.15, 0.2) is 36.4 Å². The zero-order chi connectivity index (χ0) is 14.1. The van der Waals surface area contributed by atoms with Crippen molar-refractivity contribution in [2.24, 2.45) is 0 Å². The lowest BCUT2D eigenvalue weighted by Gasteiger charge is -2.10. The Morgan fingerprint density at radius 3 is 2.50 bits per heavy atom. The first-order chi connectivity index (χ1) is 9.69. The number of rotatable bonds is 3. The van der Waals surface area contributed by atoms with Gasteiger partial charge in [-0.25, -0.2) is 14.2 Å². The van der Waals surface area contributed by atoms with Crippen molar-refractivity contribution in [1.82, 2.24) is 4.98 Å². The maximum atomic E-state index is 13.0. The van der Waals surface area contributed by atoms with Crippen LogP contribution in [0.5, 0.6) is 0 Å². The standard InChI is InChI=1S/C16H14FNO2/c1-20-16(19)14-9-8-13(10-2-3-10)15(18-14)11-4-6-12(17)7-5-11/h4-10H,2-3H2,1H3.